The molecule has 12 nitrogen and oxygen atoms in total. The van der Waals surface area contributed by atoms with E-state index in [4.69, 9.17) is 37.0 Å². The number of aromatic amines is 1. The highest BCUT2D eigenvalue weighted by Crippen LogP contribution is 2.36. The highest BCUT2D eigenvalue weighted by atomic mass is 35.5. The van der Waals surface area contributed by atoms with Gasteiger partial charge in [0.2, 0.25) is 11.8 Å². The largest absolute Gasteiger partial charge is 0.490 e. The molecule has 0 aliphatic carbocycles. The number of aromatic nitrogens is 8. The fourth-order valence-corrected chi connectivity index (χ4v) is 4.83. The number of pyridine rings is 1. The predicted molar refractivity (Wildman–Crippen MR) is 150 cm³/mol. The van der Waals surface area contributed by atoms with Crippen LogP contribution in [0.4, 0.5) is 19.1 Å². The standard InChI is InChI=1S/C23H24ClN9OS.C2HF3O2/c1-4-14-17(24)16-20(28-14)31-23(32-21(16)34-8-7-33-6-5-26-11-33)35-13-9-15-19(27-10-13)18(12(2)3)30-22(25)29-15;3-2(4,5)1(6)7/h5-6,9-12H,4,7-8H2,1-3H3,(H2,25,29,30)(H,28,31,32);(H,6,7). The number of ether oxygens (including phenoxy) is 1. The number of anilines is 1. The summed E-state index contributed by atoms with van der Waals surface area (Å²) in [5, 5.41) is 8.89. The third-order valence-electron chi connectivity index (χ3n) is 5.66. The van der Waals surface area contributed by atoms with E-state index in [2.05, 4.69) is 43.8 Å². The van der Waals surface area contributed by atoms with Gasteiger partial charge in [-0.2, -0.15) is 18.2 Å². The Morgan fingerprint density at radius 3 is 2.62 bits per heavy atom. The molecule has 0 unspecified atom stereocenters. The third-order valence-corrected chi connectivity index (χ3v) is 6.90. The number of nitrogens with one attached hydrogen (secondary N) is 1. The lowest BCUT2D eigenvalue weighted by molar-refractivity contribution is -0.192. The van der Waals surface area contributed by atoms with Crippen molar-refractivity contribution in [3.8, 4) is 5.88 Å². The van der Waals surface area contributed by atoms with Gasteiger partial charge in [0, 0.05) is 29.2 Å². The van der Waals surface area contributed by atoms with Crippen LogP contribution < -0.4 is 10.5 Å². The number of nitrogen functional groups attached to an aromatic ring is 1. The van der Waals surface area contributed by atoms with Gasteiger partial charge in [-0.05, 0) is 30.2 Å². The Bertz CT molecular complexity index is 1710. The van der Waals surface area contributed by atoms with Crippen LogP contribution in [-0.2, 0) is 17.8 Å². The maximum atomic E-state index is 10.6. The zero-order valence-corrected chi connectivity index (χ0v) is 24.0. The molecular weight excluding hydrogens is 599 g/mol. The van der Waals surface area contributed by atoms with Gasteiger partial charge in [-0.3, -0.25) is 4.98 Å². The lowest BCUT2D eigenvalue weighted by Crippen LogP contribution is -2.21. The fourth-order valence-electron chi connectivity index (χ4n) is 3.72. The number of hydrogen-bond acceptors (Lipinski definition) is 10. The van der Waals surface area contributed by atoms with Gasteiger partial charge in [0.25, 0.3) is 0 Å². The van der Waals surface area contributed by atoms with Crippen LogP contribution >= 0.6 is 23.4 Å². The minimum atomic E-state index is -5.08. The number of H-pyrrole nitrogens is 1. The smallest absolute Gasteiger partial charge is 0.475 e. The highest BCUT2D eigenvalue weighted by molar-refractivity contribution is 7.99. The van der Waals surface area contributed by atoms with Crippen LogP contribution in [-0.4, -0.2) is 63.3 Å². The van der Waals surface area contributed by atoms with Crippen molar-refractivity contribution < 1.29 is 27.8 Å². The van der Waals surface area contributed by atoms with Crippen LogP contribution in [0, 0.1) is 0 Å². The number of fused-ring (bicyclic) bond motifs is 2. The van der Waals surface area contributed by atoms with Crippen molar-refractivity contribution in [1.82, 2.24) is 39.5 Å². The monoisotopic (exact) mass is 623 g/mol. The number of carbonyl (C=O) groups is 1. The number of aliphatic carboxylic acids is 1. The minimum Gasteiger partial charge on any atom is -0.475 e. The Balaban J connectivity index is 0.000000517. The number of halogens is 4. The zero-order valence-electron chi connectivity index (χ0n) is 22.5. The maximum Gasteiger partial charge on any atom is 0.490 e. The summed E-state index contributed by atoms with van der Waals surface area (Å²) >= 11 is 7.99. The summed E-state index contributed by atoms with van der Waals surface area (Å²) < 4.78 is 39.7. The Labute approximate surface area is 245 Å². The van der Waals surface area contributed by atoms with E-state index in [1.54, 1.807) is 18.7 Å². The van der Waals surface area contributed by atoms with Crippen molar-refractivity contribution in [2.24, 2.45) is 0 Å². The molecule has 4 N–H and O–H groups in total. The summed E-state index contributed by atoms with van der Waals surface area (Å²) in [6.07, 6.45) is 2.78. The molecule has 5 aromatic heterocycles. The molecule has 0 aromatic carbocycles. The van der Waals surface area contributed by atoms with Gasteiger partial charge in [0.15, 0.2) is 5.16 Å². The van der Waals surface area contributed by atoms with Crippen molar-refractivity contribution >= 4 is 57.3 Å². The van der Waals surface area contributed by atoms with E-state index in [1.165, 1.54) is 11.8 Å². The average Bonchev–Trinajstić information content (AvgIpc) is 3.55. The first-order valence-electron chi connectivity index (χ1n) is 12.4. The number of carboxylic acid groups (broad SMARTS) is 1. The molecule has 5 heterocycles. The number of rotatable bonds is 8. The van der Waals surface area contributed by atoms with E-state index in [1.807, 2.05) is 23.8 Å². The second-order valence-electron chi connectivity index (χ2n) is 9.02. The van der Waals surface area contributed by atoms with Crippen LogP contribution in [0.15, 0.2) is 41.0 Å². The molecule has 5 aromatic rings. The van der Waals surface area contributed by atoms with Gasteiger partial charge in [0.05, 0.1) is 34.5 Å². The molecule has 0 bridgehead atoms. The van der Waals surface area contributed by atoms with Crippen LogP contribution in [0.3, 0.4) is 0 Å². The molecule has 0 aliphatic heterocycles. The molecule has 42 heavy (non-hydrogen) atoms. The summed E-state index contributed by atoms with van der Waals surface area (Å²) in [6, 6.07) is 1.92. The Hall–Kier alpha value is -4.18. The fraction of sp³-hybridized carbons (Fsp3) is 0.320. The molecule has 0 spiro atoms. The molecule has 5 rings (SSSR count). The summed E-state index contributed by atoms with van der Waals surface area (Å²) in [4.78, 5) is 39.8. The van der Waals surface area contributed by atoms with Crippen LogP contribution in [0.25, 0.3) is 22.1 Å². The summed E-state index contributed by atoms with van der Waals surface area (Å²) in [6.45, 7) is 7.16. The lowest BCUT2D eigenvalue weighted by Gasteiger charge is -2.10. The van der Waals surface area contributed by atoms with E-state index in [0.29, 0.717) is 45.8 Å². The first-order chi connectivity index (χ1) is 19.9. The number of imidazole rings is 1. The van der Waals surface area contributed by atoms with E-state index in [-0.39, 0.29) is 11.9 Å². The van der Waals surface area contributed by atoms with E-state index < -0.39 is 12.1 Å². The van der Waals surface area contributed by atoms with Crippen molar-refractivity contribution in [3.63, 3.8) is 0 Å². The third kappa shape index (κ3) is 7.17. The SMILES string of the molecule is CCc1[nH]c2nc(Sc3cnc4c(C(C)C)nc(N)nc4c3)nc(OCCn3ccnc3)c2c1Cl.O=C(O)C(F)(F)F. The maximum absolute atomic E-state index is 10.6. The van der Waals surface area contributed by atoms with Crippen molar-refractivity contribution in [2.45, 2.75) is 55.9 Å². The summed E-state index contributed by atoms with van der Waals surface area (Å²) in [7, 11) is 0. The van der Waals surface area contributed by atoms with Crippen LogP contribution in [0.1, 0.15) is 38.1 Å². The molecule has 0 aliphatic rings. The molecule has 0 fully saturated rings. The number of nitrogens with zero attached hydrogens (tertiary/aromatic N) is 7. The normalized spacial score (nSPS) is 11.6. The van der Waals surface area contributed by atoms with E-state index in [9.17, 15) is 13.2 Å². The molecule has 0 saturated heterocycles. The first-order valence-corrected chi connectivity index (χ1v) is 13.6. The van der Waals surface area contributed by atoms with Gasteiger partial charge in [0.1, 0.15) is 17.8 Å². The van der Waals surface area contributed by atoms with Crippen molar-refractivity contribution in [3.05, 3.63) is 47.4 Å². The van der Waals surface area contributed by atoms with E-state index in [0.717, 1.165) is 28.2 Å². The van der Waals surface area contributed by atoms with Crippen LogP contribution in [0.5, 0.6) is 5.88 Å². The molecular formula is C25H25ClF3N9O3S. The molecule has 0 atom stereocenters. The molecule has 0 radical (unpaired) electrons. The number of carboxylic acids is 1. The Kier molecular flexibility index (Phi) is 9.36. The van der Waals surface area contributed by atoms with Gasteiger partial charge >= 0.3 is 12.1 Å². The number of alkyl halides is 3. The predicted octanol–water partition coefficient (Wildman–Crippen LogP) is 5.28. The van der Waals surface area contributed by atoms with Gasteiger partial charge in [-0.25, -0.2) is 24.7 Å². The quantitative estimate of drug-likeness (QED) is 0.192. The van der Waals surface area contributed by atoms with E-state index >= 15 is 0 Å². The minimum absolute atomic E-state index is 0.173. The number of aryl methyl sites for hydroxylation is 1. The lowest BCUT2D eigenvalue weighted by atomic mass is 10.1. The van der Waals surface area contributed by atoms with Crippen LogP contribution in [0.2, 0.25) is 5.02 Å². The topological polar surface area (TPSA) is 171 Å². The van der Waals surface area contributed by atoms with Gasteiger partial charge in [-0.15, -0.1) is 0 Å². The zero-order chi connectivity index (χ0) is 30.6. The summed E-state index contributed by atoms with van der Waals surface area (Å²) in [5.41, 5.74) is 9.70. The average molecular weight is 624 g/mol. The molecule has 0 saturated carbocycles. The van der Waals surface area contributed by atoms with Gasteiger partial charge < -0.3 is 25.1 Å². The Morgan fingerprint density at radius 1 is 1.26 bits per heavy atom. The number of nitrogens with two attached hydrogens (primary N) is 1. The van der Waals surface area contributed by atoms with Crippen molar-refractivity contribution in [1.29, 1.82) is 0 Å². The second kappa shape index (κ2) is 12.8. The number of hydrogen-bond donors (Lipinski definition) is 3. The molecule has 17 heteroatoms. The van der Waals surface area contributed by atoms with Gasteiger partial charge in [-0.1, -0.05) is 32.4 Å². The summed E-state index contributed by atoms with van der Waals surface area (Å²) in [5.74, 6) is -1.93. The van der Waals surface area contributed by atoms with Crippen molar-refractivity contribution in [2.75, 3.05) is 12.3 Å². The highest BCUT2D eigenvalue weighted by Gasteiger charge is 2.38. The first kappa shape index (κ1) is 30.8. The molecule has 0 amide bonds. The second-order valence-corrected chi connectivity index (χ2v) is 10.4. The Morgan fingerprint density at radius 2 is 2.00 bits per heavy atom. The molecule has 222 valence electrons.